The maximum absolute atomic E-state index is 12.4. The van der Waals surface area contributed by atoms with Gasteiger partial charge < -0.3 is 15.6 Å². The molecular weight excluding hydrogens is 436 g/mol. The first kappa shape index (κ1) is 21.0. The zero-order valence-electron chi connectivity index (χ0n) is 16.6. The van der Waals surface area contributed by atoms with Crippen LogP contribution >= 0.6 is 23.4 Å². The minimum Gasteiger partial charge on any atom is -0.383 e. The van der Waals surface area contributed by atoms with Gasteiger partial charge in [0, 0.05) is 17.1 Å². The van der Waals surface area contributed by atoms with E-state index in [9.17, 15) is 4.79 Å². The summed E-state index contributed by atoms with van der Waals surface area (Å²) >= 11 is 7.32. The smallest absolute Gasteiger partial charge is 0.264 e. The van der Waals surface area contributed by atoms with Crippen LogP contribution in [0.3, 0.4) is 0 Å². The Hall–Kier alpha value is -3.30. The van der Waals surface area contributed by atoms with E-state index < -0.39 is 0 Å². The van der Waals surface area contributed by atoms with E-state index in [0.29, 0.717) is 28.0 Å². The van der Waals surface area contributed by atoms with Gasteiger partial charge in [-0.2, -0.15) is 10.1 Å². The van der Waals surface area contributed by atoms with Gasteiger partial charge in [-0.25, -0.2) is 4.68 Å². The van der Waals surface area contributed by atoms with Gasteiger partial charge in [0.15, 0.2) is 0 Å². The largest absolute Gasteiger partial charge is 0.383 e. The van der Waals surface area contributed by atoms with Crippen LogP contribution in [0, 0.1) is 0 Å². The summed E-state index contributed by atoms with van der Waals surface area (Å²) in [4.78, 5) is 16.9. The quantitative estimate of drug-likeness (QED) is 0.407. The number of nitrogens with one attached hydrogen (secondary N) is 1. The Morgan fingerprint density at radius 1 is 1.19 bits per heavy atom. The highest BCUT2D eigenvalue weighted by Gasteiger charge is 2.23. The molecule has 2 heterocycles. The highest BCUT2D eigenvalue weighted by molar-refractivity contribution is 7.98. The molecule has 3 N–H and O–H groups in total. The van der Waals surface area contributed by atoms with E-state index in [1.54, 1.807) is 24.3 Å². The Labute approximate surface area is 187 Å². The lowest BCUT2D eigenvalue weighted by molar-refractivity contribution is -0.122. The molecule has 8 nitrogen and oxygen atoms in total. The molecule has 0 saturated carbocycles. The number of aromatic nitrogens is 4. The van der Waals surface area contributed by atoms with Crippen molar-refractivity contribution in [3.05, 3.63) is 65.2 Å². The van der Waals surface area contributed by atoms with Gasteiger partial charge in [0.05, 0.1) is 0 Å². The number of amides is 1. The molecule has 10 heteroatoms. The van der Waals surface area contributed by atoms with E-state index in [1.165, 1.54) is 16.4 Å². The van der Waals surface area contributed by atoms with Gasteiger partial charge in [-0.05, 0) is 36.1 Å². The monoisotopic (exact) mass is 454 g/mol. The molecule has 4 rings (SSSR count). The number of halogens is 1. The summed E-state index contributed by atoms with van der Waals surface area (Å²) in [5.74, 6) is 0.726. The first-order valence-corrected chi connectivity index (χ1v) is 11.0. The van der Waals surface area contributed by atoms with Gasteiger partial charge in [0.1, 0.15) is 23.0 Å². The maximum Gasteiger partial charge on any atom is 0.264 e. The van der Waals surface area contributed by atoms with E-state index >= 15 is 0 Å². The molecule has 0 spiro atoms. The van der Waals surface area contributed by atoms with Gasteiger partial charge >= 0.3 is 0 Å². The predicted molar refractivity (Wildman–Crippen MR) is 120 cm³/mol. The molecule has 0 aliphatic carbocycles. The summed E-state index contributed by atoms with van der Waals surface area (Å²) in [6.45, 7) is 0.404. The van der Waals surface area contributed by atoms with E-state index in [1.807, 2.05) is 36.6 Å². The van der Waals surface area contributed by atoms with Crippen molar-refractivity contribution in [2.45, 2.75) is 18.1 Å². The second kappa shape index (κ2) is 9.23. The summed E-state index contributed by atoms with van der Waals surface area (Å²) in [5, 5.41) is 12.6. The molecule has 0 aliphatic rings. The number of thioether (sulfide) groups is 1. The third kappa shape index (κ3) is 4.73. The molecule has 158 valence electrons. The molecule has 31 heavy (non-hydrogen) atoms. The second-order valence-corrected chi connectivity index (χ2v) is 7.85. The fourth-order valence-corrected chi connectivity index (χ4v) is 3.65. The number of nitrogen functional groups attached to an aromatic ring is 1. The summed E-state index contributed by atoms with van der Waals surface area (Å²) < 4.78 is 6.88. The number of carbonyl (C=O) groups is 1. The van der Waals surface area contributed by atoms with Crippen LogP contribution in [0.2, 0.25) is 5.02 Å². The average Bonchev–Trinajstić information content (AvgIpc) is 3.38. The molecule has 1 amide bonds. The Morgan fingerprint density at radius 3 is 2.65 bits per heavy atom. The van der Waals surface area contributed by atoms with E-state index in [0.717, 1.165) is 11.1 Å². The third-order valence-electron chi connectivity index (χ3n) is 4.52. The summed E-state index contributed by atoms with van der Waals surface area (Å²) in [7, 11) is 0. The highest BCUT2D eigenvalue weighted by atomic mass is 35.5. The zero-order valence-corrected chi connectivity index (χ0v) is 18.2. The lowest BCUT2D eigenvalue weighted by Gasteiger charge is -2.06. The van der Waals surface area contributed by atoms with Crippen LogP contribution in [-0.4, -0.2) is 32.1 Å². The zero-order chi connectivity index (χ0) is 21.8. The first-order chi connectivity index (χ1) is 15.0. The van der Waals surface area contributed by atoms with E-state index in [-0.39, 0.29) is 24.2 Å². The van der Waals surface area contributed by atoms with Crippen LogP contribution in [0.5, 0.6) is 0 Å². The molecular formula is C21H19ClN6O2S. The van der Waals surface area contributed by atoms with Gasteiger partial charge in [-0.15, -0.1) is 11.8 Å². The average molecular weight is 455 g/mol. The van der Waals surface area contributed by atoms with Crippen molar-refractivity contribution in [2.24, 2.45) is 0 Å². The molecule has 0 fully saturated rings. The standard InChI is InChI=1S/C21H19ClN6O2S/c1-31-21-17(20-25-19(27-30-20)14-7-9-15(22)10-8-14)18(23)28(26-21)12-16(29)24-11-13-5-3-2-4-6-13/h2-10H,11-12,23H2,1H3,(H,24,29). The molecule has 0 atom stereocenters. The number of hydrogen-bond donors (Lipinski definition) is 2. The van der Waals surface area contributed by atoms with Gasteiger partial charge in [-0.1, -0.05) is 47.1 Å². The Bertz CT molecular complexity index is 1190. The van der Waals surface area contributed by atoms with Gasteiger partial charge in [-0.3, -0.25) is 4.79 Å². The fraction of sp³-hybridized carbons (Fsp3) is 0.143. The molecule has 0 aliphatic heterocycles. The molecule has 0 radical (unpaired) electrons. The number of nitrogens with zero attached hydrogens (tertiary/aromatic N) is 4. The van der Waals surface area contributed by atoms with Crippen molar-refractivity contribution >= 4 is 35.1 Å². The summed E-state index contributed by atoms with van der Waals surface area (Å²) in [6.07, 6.45) is 1.86. The van der Waals surface area contributed by atoms with Gasteiger partial charge in [0.2, 0.25) is 11.7 Å². The van der Waals surface area contributed by atoms with Crippen molar-refractivity contribution in [2.75, 3.05) is 12.0 Å². The topological polar surface area (TPSA) is 112 Å². The van der Waals surface area contributed by atoms with Crippen LogP contribution in [0.4, 0.5) is 5.82 Å². The number of nitrogens with two attached hydrogens (primary N) is 1. The Morgan fingerprint density at radius 2 is 1.94 bits per heavy atom. The normalized spacial score (nSPS) is 10.9. The molecule has 2 aromatic carbocycles. The van der Waals surface area contributed by atoms with Crippen molar-refractivity contribution in [3.63, 3.8) is 0 Å². The number of rotatable bonds is 7. The summed E-state index contributed by atoms with van der Waals surface area (Å²) in [5.41, 5.74) is 8.58. The number of benzene rings is 2. The Kier molecular flexibility index (Phi) is 6.24. The lowest BCUT2D eigenvalue weighted by atomic mass is 10.2. The molecule has 2 aromatic heterocycles. The predicted octanol–water partition coefficient (Wildman–Crippen LogP) is 3.87. The van der Waals surface area contributed by atoms with E-state index in [4.69, 9.17) is 21.9 Å². The van der Waals surface area contributed by atoms with E-state index in [2.05, 4.69) is 20.6 Å². The molecule has 0 bridgehead atoms. The van der Waals surface area contributed by atoms with Crippen LogP contribution in [0.25, 0.3) is 22.8 Å². The highest BCUT2D eigenvalue weighted by Crippen LogP contribution is 2.34. The molecule has 0 unspecified atom stereocenters. The van der Waals surface area contributed by atoms with Crippen molar-refractivity contribution in [3.8, 4) is 22.8 Å². The number of hydrogen-bond acceptors (Lipinski definition) is 7. The third-order valence-corrected chi connectivity index (χ3v) is 5.45. The van der Waals surface area contributed by atoms with Crippen molar-refractivity contribution in [1.29, 1.82) is 0 Å². The van der Waals surface area contributed by atoms with Crippen molar-refractivity contribution < 1.29 is 9.32 Å². The second-order valence-electron chi connectivity index (χ2n) is 6.62. The fourth-order valence-electron chi connectivity index (χ4n) is 2.95. The maximum atomic E-state index is 12.4. The molecule has 4 aromatic rings. The van der Waals surface area contributed by atoms with Crippen LogP contribution in [0.15, 0.2) is 64.1 Å². The van der Waals surface area contributed by atoms with Crippen LogP contribution < -0.4 is 11.1 Å². The number of carbonyl (C=O) groups excluding carboxylic acids is 1. The van der Waals surface area contributed by atoms with Crippen molar-refractivity contribution in [1.82, 2.24) is 25.2 Å². The SMILES string of the molecule is CSc1nn(CC(=O)NCc2ccccc2)c(N)c1-c1nc(-c2ccc(Cl)cc2)no1. The van der Waals surface area contributed by atoms with Gasteiger partial charge in [0.25, 0.3) is 5.89 Å². The number of anilines is 1. The first-order valence-electron chi connectivity index (χ1n) is 9.36. The minimum absolute atomic E-state index is 0.0234. The summed E-state index contributed by atoms with van der Waals surface area (Å²) in [6, 6.07) is 16.8. The molecule has 0 saturated heterocycles. The van der Waals surface area contributed by atoms with Crippen LogP contribution in [0.1, 0.15) is 5.56 Å². The van der Waals surface area contributed by atoms with Crippen LogP contribution in [-0.2, 0) is 17.9 Å². The minimum atomic E-state index is -0.204. The lowest BCUT2D eigenvalue weighted by Crippen LogP contribution is -2.28. The Balaban J connectivity index is 1.53.